The maximum Gasteiger partial charge on any atom is 0.410 e. The van der Waals surface area contributed by atoms with E-state index in [1.54, 1.807) is 15.3 Å². The van der Waals surface area contributed by atoms with Gasteiger partial charge in [0.25, 0.3) is 0 Å². The van der Waals surface area contributed by atoms with Crippen LogP contribution in [0.2, 0.25) is 0 Å². The van der Waals surface area contributed by atoms with Gasteiger partial charge in [0.1, 0.15) is 24.1 Å². The summed E-state index contributed by atoms with van der Waals surface area (Å²) in [5.74, 6) is 0.893. The topological polar surface area (TPSA) is 120 Å². The summed E-state index contributed by atoms with van der Waals surface area (Å²) >= 11 is 0. The number of hydrogen-bond donors (Lipinski definition) is 0. The molecular formula is C24H34N4O7S. The molecule has 3 aliphatic heterocycles. The highest BCUT2D eigenvalue weighted by Crippen LogP contribution is 2.40. The average Bonchev–Trinajstić information content (AvgIpc) is 3.77. The van der Waals surface area contributed by atoms with Gasteiger partial charge >= 0.3 is 6.09 Å². The SMILES string of the molecule is CC1(OC(=O)N2CC3COCC(C2)C3Oc2cc(OC3CCN(S(=O)(=O)C4CC4)CC3)ncn2)CC1. The van der Waals surface area contributed by atoms with Crippen molar-refractivity contribution in [1.29, 1.82) is 0 Å². The summed E-state index contributed by atoms with van der Waals surface area (Å²) < 4.78 is 50.3. The molecule has 1 aromatic rings. The molecule has 36 heavy (non-hydrogen) atoms. The van der Waals surface area contributed by atoms with Crippen molar-refractivity contribution in [1.82, 2.24) is 19.2 Å². The van der Waals surface area contributed by atoms with E-state index in [9.17, 15) is 13.2 Å². The predicted molar refractivity (Wildman–Crippen MR) is 127 cm³/mol. The van der Waals surface area contributed by atoms with Crippen LogP contribution in [0.25, 0.3) is 0 Å². The fraction of sp³-hybridized carbons (Fsp3) is 0.792. The van der Waals surface area contributed by atoms with Gasteiger partial charge in [-0.15, -0.1) is 0 Å². The number of aromatic nitrogens is 2. The Labute approximate surface area is 211 Å². The Bertz CT molecular complexity index is 1070. The molecule has 5 aliphatic rings. The average molecular weight is 523 g/mol. The first kappa shape index (κ1) is 24.2. The Kier molecular flexibility index (Phi) is 6.24. The minimum Gasteiger partial charge on any atom is -0.474 e. The highest BCUT2D eigenvalue weighted by Gasteiger charge is 2.47. The van der Waals surface area contributed by atoms with Crippen LogP contribution < -0.4 is 9.47 Å². The molecule has 12 heteroatoms. The quantitative estimate of drug-likeness (QED) is 0.528. The summed E-state index contributed by atoms with van der Waals surface area (Å²) in [6.07, 6.45) is 5.59. The van der Waals surface area contributed by atoms with Crippen LogP contribution in [0.15, 0.2) is 12.4 Å². The van der Waals surface area contributed by atoms with Crippen LogP contribution in [-0.2, 0) is 19.5 Å². The van der Waals surface area contributed by atoms with Crippen LogP contribution >= 0.6 is 0 Å². The Morgan fingerprint density at radius 3 is 2.28 bits per heavy atom. The predicted octanol–water partition coefficient (Wildman–Crippen LogP) is 1.83. The summed E-state index contributed by atoms with van der Waals surface area (Å²) in [4.78, 5) is 23.0. The molecule has 2 bridgehead atoms. The van der Waals surface area contributed by atoms with Gasteiger partial charge in [-0.1, -0.05) is 0 Å². The molecule has 2 atom stereocenters. The summed E-state index contributed by atoms with van der Waals surface area (Å²) in [7, 11) is -3.14. The molecule has 1 aromatic heterocycles. The van der Waals surface area contributed by atoms with Crippen LogP contribution in [0.1, 0.15) is 45.4 Å². The zero-order valence-corrected chi connectivity index (χ0v) is 21.4. The van der Waals surface area contributed by atoms with Crippen LogP contribution in [0.3, 0.4) is 0 Å². The molecule has 198 valence electrons. The molecular weight excluding hydrogens is 488 g/mol. The van der Waals surface area contributed by atoms with Crippen LogP contribution in [0.4, 0.5) is 4.79 Å². The van der Waals surface area contributed by atoms with Crippen molar-refractivity contribution in [2.45, 2.75) is 68.5 Å². The van der Waals surface area contributed by atoms with Gasteiger partial charge < -0.3 is 23.8 Å². The van der Waals surface area contributed by atoms with E-state index in [-0.39, 0.29) is 41.0 Å². The number of amides is 1. The first-order valence-electron chi connectivity index (χ1n) is 13.0. The van der Waals surface area contributed by atoms with Crippen molar-refractivity contribution in [2.75, 3.05) is 39.4 Å². The molecule has 0 spiro atoms. The molecule has 1 amide bonds. The second-order valence-electron chi connectivity index (χ2n) is 11.0. The normalized spacial score (nSPS) is 30.5. The number of carbonyl (C=O) groups is 1. The monoisotopic (exact) mass is 522 g/mol. The molecule has 5 fully saturated rings. The lowest BCUT2D eigenvalue weighted by Crippen LogP contribution is -2.59. The van der Waals surface area contributed by atoms with Crippen LogP contribution in [0, 0.1) is 11.8 Å². The maximum atomic E-state index is 12.6. The van der Waals surface area contributed by atoms with Crippen molar-refractivity contribution in [3.63, 3.8) is 0 Å². The van der Waals surface area contributed by atoms with E-state index >= 15 is 0 Å². The minimum atomic E-state index is -3.14. The van der Waals surface area contributed by atoms with Crippen molar-refractivity contribution < 1.29 is 32.2 Å². The molecule has 0 aromatic carbocycles. The fourth-order valence-electron chi connectivity index (χ4n) is 5.34. The third-order valence-electron chi connectivity index (χ3n) is 7.92. The summed E-state index contributed by atoms with van der Waals surface area (Å²) in [5, 5.41) is -0.180. The fourth-order valence-corrected chi connectivity index (χ4v) is 7.21. The first-order valence-corrected chi connectivity index (χ1v) is 14.5. The van der Waals surface area contributed by atoms with Crippen LogP contribution in [0.5, 0.6) is 11.8 Å². The van der Waals surface area contributed by atoms with Gasteiger partial charge in [-0.25, -0.2) is 27.5 Å². The Morgan fingerprint density at radius 2 is 1.67 bits per heavy atom. The zero-order valence-electron chi connectivity index (χ0n) is 20.6. The molecule has 11 nitrogen and oxygen atoms in total. The van der Waals surface area contributed by atoms with E-state index in [1.165, 1.54) is 6.33 Å². The molecule has 2 unspecified atom stereocenters. The largest absolute Gasteiger partial charge is 0.474 e. The lowest BCUT2D eigenvalue weighted by atomic mass is 9.84. The van der Waals surface area contributed by atoms with Crippen molar-refractivity contribution in [2.24, 2.45) is 11.8 Å². The van der Waals surface area contributed by atoms with Gasteiger partial charge in [-0.2, -0.15) is 0 Å². The van der Waals surface area contributed by atoms with Crippen molar-refractivity contribution in [3.8, 4) is 11.8 Å². The van der Waals surface area contributed by atoms with E-state index < -0.39 is 10.0 Å². The zero-order chi connectivity index (χ0) is 24.9. The van der Waals surface area contributed by atoms with Gasteiger partial charge in [0.05, 0.1) is 24.5 Å². The number of hydrogen-bond acceptors (Lipinski definition) is 9. The third-order valence-corrected chi connectivity index (χ3v) is 10.3. The summed E-state index contributed by atoms with van der Waals surface area (Å²) in [6.45, 7) is 4.99. The molecule has 3 saturated heterocycles. The third kappa shape index (κ3) is 5.12. The van der Waals surface area contributed by atoms with Gasteiger partial charge in [0.15, 0.2) is 0 Å². The Balaban J connectivity index is 1.04. The number of piperidine rings is 2. The highest BCUT2D eigenvalue weighted by molar-refractivity contribution is 7.90. The van der Waals surface area contributed by atoms with E-state index in [1.807, 2.05) is 6.92 Å². The van der Waals surface area contributed by atoms with Crippen molar-refractivity contribution >= 4 is 16.1 Å². The van der Waals surface area contributed by atoms with E-state index in [0.717, 1.165) is 25.7 Å². The molecule has 6 rings (SSSR count). The van der Waals surface area contributed by atoms with E-state index in [4.69, 9.17) is 18.9 Å². The van der Waals surface area contributed by atoms with Gasteiger partial charge in [0.2, 0.25) is 21.8 Å². The molecule has 4 heterocycles. The van der Waals surface area contributed by atoms with Crippen molar-refractivity contribution in [3.05, 3.63) is 12.4 Å². The van der Waals surface area contributed by atoms with E-state index in [2.05, 4.69) is 9.97 Å². The number of likely N-dealkylation sites (tertiary alicyclic amines) is 1. The van der Waals surface area contributed by atoms with E-state index in [0.29, 0.717) is 64.0 Å². The molecule has 2 aliphatic carbocycles. The number of fused-ring (bicyclic) bond motifs is 2. The molecule has 0 N–H and O–H groups in total. The smallest absolute Gasteiger partial charge is 0.410 e. The van der Waals surface area contributed by atoms with Crippen LogP contribution in [-0.4, -0.2) is 96.1 Å². The second kappa shape index (κ2) is 9.29. The highest BCUT2D eigenvalue weighted by atomic mass is 32.2. The second-order valence-corrected chi connectivity index (χ2v) is 13.2. The number of ether oxygens (including phenoxy) is 4. The summed E-state index contributed by atoms with van der Waals surface area (Å²) in [6, 6.07) is 1.69. The first-order chi connectivity index (χ1) is 17.3. The Hall–Kier alpha value is -2.18. The lowest BCUT2D eigenvalue weighted by molar-refractivity contribution is -0.111. The summed E-state index contributed by atoms with van der Waals surface area (Å²) in [5.41, 5.74) is -0.296. The number of nitrogens with zero attached hydrogens (tertiary/aromatic N) is 4. The standard InChI is InChI=1S/C24H34N4O7S/c1-24(6-7-24)35-23(29)27-11-16-13-32-14-17(12-27)22(16)34-21-10-20(25-15-26-21)33-18-4-8-28(9-5-18)36(30,31)19-2-3-19/h10,15-19,22H,2-9,11-14H2,1H3. The molecule has 2 saturated carbocycles. The lowest BCUT2D eigenvalue weighted by Gasteiger charge is -2.46. The maximum absolute atomic E-state index is 12.6. The van der Waals surface area contributed by atoms with Gasteiger partial charge in [-0.3, -0.25) is 0 Å². The van der Waals surface area contributed by atoms with Gasteiger partial charge in [0, 0.05) is 38.0 Å². The number of sulfonamides is 1. The number of rotatable bonds is 7. The minimum absolute atomic E-state index is 0.0223. The Morgan fingerprint density at radius 1 is 1.03 bits per heavy atom. The number of carbonyl (C=O) groups excluding carboxylic acids is 1. The van der Waals surface area contributed by atoms with Gasteiger partial charge in [-0.05, 0) is 45.4 Å². The molecule has 0 radical (unpaired) electrons.